The molecule has 0 aliphatic rings. The molecule has 0 radical (unpaired) electrons. The molecule has 3 N–H and O–H groups in total. The lowest BCUT2D eigenvalue weighted by Gasteiger charge is -2.14. The quantitative estimate of drug-likeness (QED) is 0.536. The van der Waals surface area contributed by atoms with Gasteiger partial charge in [0.25, 0.3) is 0 Å². The highest BCUT2D eigenvalue weighted by molar-refractivity contribution is 5.81. The van der Waals surface area contributed by atoms with Crippen LogP contribution in [0.1, 0.15) is 13.8 Å². The zero-order chi connectivity index (χ0) is 9.72. The number of esters is 1. The summed E-state index contributed by atoms with van der Waals surface area (Å²) in [4.78, 5) is 21.4. The van der Waals surface area contributed by atoms with Crippen molar-refractivity contribution < 1.29 is 14.3 Å². The lowest BCUT2D eigenvalue weighted by Crippen LogP contribution is -2.46. The third kappa shape index (κ3) is 3.34. The molecule has 5 heteroatoms. The molecule has 2 unspecified atom stereocenters. The normalized spacial score (nSPS) is 14.9. The summed E-state index contributed by atoms with van der Waals surface area (Å²) in [5, 5.41) is 2.68. The van der Waals surface area contributed by atoms with E-state index in [1.807, 2.05) is 0 Å². The Bertz CT molecular complexity index is 181. The smallest absolute Gasteiger partial charge is 0.322 e. The van der Waals surface area contributed by atoms with Gasteiger partial charge in [0.15, 0.2) is 0 Å². The van der Waals surface area contributed by atoms with Crippen molar-refractivity contribution in [3.63, 3.8) is 0 Å². The van der Waals surface area contributed by atoms with Crippen molar-refractivity contribution in [2.75, 3.05) is 7.11 Å². The molecule has 0 fully saturated rings. The first-order valence-corrected chi connectivity index (χ1v) is 3.62. The lowest BCUT2D eigenvalue weighted by atomic mass is 10.2. The Kier molecular flexibility index (Phi) is 4.28. The largest absolute Gasteiger partial charge is 0.468 e. The Morgan fingerprint density at radius 1 is 1.33 bits per heavy atom. The number of amides is 1. The first-order valence-electron chi connectivity index (χ1n) is 3.62. The fraction of sp³-hybridized carbons (Fsp3) is 0.714. The minimum atomic E-state index is -0.529. The van der Waals surface area contributed by atoms with E-state index in [0.29, 0.717) is 0 Å². The molecule has 0 heterocycles. The van der Waals surface area contributed by atoms with Gasteiger partial charge >= 0.3 is 5.97 Å². The molecule has 0 spiro atoms. The van der Waals surface area contributed by atoms with E-state index >= 15 is 0 Å². The molecular formula is C7H14N2O3. The van der Waals surface area contributed by atoms with Crippen molar-refractivity contribution in [3.05, 3.63) is 0 Å². The Morgan fingerprint density at radius 3 is 2.17 bits per heavy atom. The van der Waals surface area contributed by atoms with E-state index in [0.717, 1.165) is 0 Å². The van der Waals surface area contributed by atoms with E-state index in [-0.39, 0.29) is 0 Å². The average molecular weight is 174 g/mol. The van der Waals surface area contributed by atoms with Crippen molar-refractivity contribution in [2.24, 2.45) is 5.73 Å². The second kappa shape index (κ2) is 4.71. The summed E-state index contributed by atoms with van der Waals surface area (Å²) in [7, 11) is 1.29. The highest BCUT2D eigenvalue weighted by atomic mass is 16.5. The Labute approximate surface area is 71.3 Å². The van der Waals surface area contributed by atoms with Crippen LogP contribution in [-0.4, -0.2) is 31.1 Å². The van der Waals surface area contributed by atoms with Gasteiger partial charge in [-0.2, -0.15) is 0 Å². The van der Waals surface area contributed by atoms with Crippen LogP contribution in [0.25, 0.3) is 0 Å². The highest BCUT2D eigenvalue weighted by Gasteiger charge is 2.17. The number of primary amides is 1. The summed E-state index contributed by atoms with van der Waals surface area (Å²) in [6.45, 7) is 3.19. The summed E-state index contributed by atoms with van der Waals surface area (Å²) < 4.78 is 4.44. The van der Waals surface area contributed by atoms with Crippen molar-refractivity contribution in [1.82, 2.24) is 5.32 Å². The van der Waals surface area contributed by atoms with Gasteiger partial charge in [-0.05, 0) is 13.8 Å². The van der Waals surface area contributed by atoms with Gasteiger partial charge in [-0.1, -0.05) is 0 Å². The van der Waals surface area contributed by atoms with Crippen LogP contribution in [0.15, 0.2) is 0 Å². The van der Waals surface area contributed by atoms with Crippen molar-refractivity contribution in [2.45, 2.75) is 25.9 Å². The van der Waals surface area contributed by atoms with Crippen molar-refractivity contribution in [1.29, 1.82) is 0 Å². The number of nitrogens with two attached hydrogens (primary N) is 1. The molecular weight excluding hydrogens is 160 g/mol. The number of carbonyl (C=O) groups excluding carboxylic acids is 2. The van der Waals surface area contributed by atoms with Gasteiger partial charge < -0.3 is 10.5 Å². The van der Waals surface area contributed by atoms with E-state index < -0.39 is 24.0 Å². The molecule has 2 atom stereocenters. The van der Waals surface area contributed by atoms with E-state index in [1.54, 1.807) is 13.8 Å². The van der Waals surface area contributed by atoms with E-state index in [4.69, 9.17) is 5.73 Å². The Balaban J connectivity index is 3.91. The van der Waals surface area contributed by atoms with Gasteiger partial charge in [-0.25, -0.2) is 0 Å². The number of methoxy groups -OCH3 is 1. The third-order valence-electron chi connectivity index (χ3n) is 1.48. The molecule has 0 aromatic heterocycles. The molecule has 0 aliphatic heterocycles. The lowest BCUT2D eigenvalue weighted by molar-refractivity contribution is -0.142. The second-order valence-electron chi connectivity index (χ2n) is 2.54. The number of nitrogens with one attached hydrogen (secondary N) is 1. The predicted molar refractivity (Wildman–Crippen MR) is 43.3 cm³/mol. The molecule has 0 aromatic rings. The fourth-order valence-electron chi connectivity index (χ4n) is 0.702. The number of ether oxygens (including phenoxy) is 1. The molecule has 70 valence electrons. The summed E-state index contributed by atoms with van der Waals surface area (Å²) in [5.74, 6) is -0.908. The van der Waals surface area contributed by atoms with Gasteiger partial charge in [-0.15, -0.1) is 0 Å². The SMILES string of the molecule is COC(=O)C(C)NC(C)C(N)=O. The van der Waals surface area contributed by atoms with Crippen LogP contribution in [0, 0.1) is 0 Å². The number of carbonyl (C=O) groups is 2. The van der Waals surface area contributed by atoms with Gasteiger partial charge in [0.1, 0.15) is 6.04 Å². The van der Waals surface area contributed by atoms with Gasteiger partial charge in [0.05, 0.1) is 13.2 Å². The maximum atomic E-state index is 10.8. The predicted octanol–water partition coefficient (Wildman–Crippen LogP) is -0.989. The van der Waals surface area contributed by atoms with Crippen molar-refractivity contribution in [3.8, 4) is 0 Å². The summed E-state index contributed by atoms with van der Waals surface area (Å²) >= 11 is 0. The standard InChI is InChI=1S/C7H14N2O3/c1-4(6(8)10)9-5(2)7(11)12-3/h4-5,9H,1-3H3,(H2,8,10). The minimum Gasteiger partial charge on any atom is -0.468 e. The molecule has 0 saturated carbocycles. The second-order valence-corrected chi connectivity index (χ2v) is 2.54. The third-order valence-corrected chi connectivity index (χ3v) is 1.48. The molecule has 0 bridgehead atoms. The van der Waals surface area contributed by atoms with Crippen LogP contribution in [0.5, 0.6) is 0 Å². The topological polar surface area (TPSA) is 81.4 Å². The average Bonchev–Trinajstić information content (AvgIpc) is 2.02. The minimum absolute atomic E-state index is 0.414. The molecule has 12 heavy (non-hydrogen) atoms. The molecule has 1 amide bonds. The van der Waals surface area contributed by atoms with Gasteiger partial charge in [0.2, 0.25) is 5.91 Å². The maximum absolute atomic E-state index is 10.8. The summed E-state index contributed by atoms with van der Waals surface area (Å²) in [6, 6.07) is -1.04. The zero-order valence-electron chi connectivity index (χ0n) is 7.46. The van der Waals surface area contributed by atoms with Crippen LogP contribution in [-0.2, 0) is 14.3 Å². The molecule has 0 aromatic carbocycles. The van der Waals surface area contributed by atoms with E-state index in [1.165, 1.54) is 7.11 Å². The maximum Gasteiger partial charge on any atom is 0.322 e. The van der Waals surface area contributed by atoms with Gasteiger partial charge in [-0.3, -0.25) is 14.9 Å². The zero-order valence-corrected chi connectivity index (χ0v) is 7.46. The van der Waals surface area contributed by atoms with Crippen LogP contribution in [0.2, 0.25) is 0 Å². The Morgan fingerprint density at radius 2 is 1.83 bits per heavy atom. The summed E-state index contributed by atoms with van der Waals surface area (Å²) in [5.41, 5.74) is 4.97. The van der Waals surface area contributed by atoms with Gasteiger partial charge in [0, 0.05) is 0 Å². The number of rotatable bonds is 4. The fourth-order valence-corrected chi connectivity index (χ4v) is 0.702. The molecule has 0 rings (SSSR count). The Hall–Kier alpha value is -1.10. The summed E-state index contributed by atoms with van der Waals surface area (Å²) in [6.07, 6.45) is 0. The van der Waals surface area contributed by atoms with Crippen molar-refractivity contribution >= 4 is 11.9 Å². The van der Waals surface area contributed by atoms with Crippen LogP contribution < -0.4 is 11.1 Å². The molecule has 5 nitrogen and oxygen atoms in total. The van der Waals surface area contributed by atoms with E-state index in [9.17, 15) is 9.59 Å². The number of hydrogen-bond donors (Lipinski definition) is 2. The first-order chi connectivity index (χ1) is 5.49. The molecule has 0 aliphatic carbocycles. The number of hydrogen-bond acceptors (Lipinski definition) is 4. The molecule has 0 saturated heterocycles. The first kappa shape index (κ1) is 10.9. The van der Waals surface area contributed by atoms with E-state index in [2.05, 4.69) is 10.1 Å². The monoisotopic (exact) mass is 174 g/mol. The van der Waals surface area contributed by atoms with Crippen LogP contribution in [0.4, 0.5) is 0 Å². The van der Waals surface area contributed by atoms with Crippen LogP contribution >= 0.6 is 0 Å². The van der Waals surface area contributed by atoms with Crippen LogP contribution in [0.3, 0.4) is 0 Å². The highest BCUT2D eigenvalue weighted by Crippen LogP contribution is 1.89.